The summed E-state index contributed by atoms with van der Waals surface area (Å²) in [5, 5.41) is 2.73. The summed E-state index contributed by atoms with van der Waals surface area (Å²) < 4.78 is 10.3. The number of hydrogen-bond donors (Lipinski definition) is 1. The van der Waals surface area contributed by atoms with E-state index in [1.54, 1.807) is 43.6 Å². The molecular formula is C17H18N2O4. The number of hydrogen-bond acceptors (Lipinski definition) is 5. The van der Waals surface area contributed by atoms with Gasteiger partial charge in [-0.15, -0.1) is 0 Å². The number of nitrogens with one attached hydrogen (secondary N) is 1. The normalized spacial score (nSPS) is 10.0. The summed E-state index contributed by atoms with van der Waals surface area (Å²) in [5.41, 5.74) is 1.09. The minimum absolute atomic E-state index is 0.0993. The molecule has 0 saturated heterocycles. The average molecular weight is 314 g/mol. The van der Waals surface area contributed by atoms with Crippen LogP contribution >= 0.6 is 0 Å². The van der Waals surface area contributed by atoms with Gasteiger partial charge in [0.15, 0.2) is 17.3 Å². The van der Waals surface area contributed by atoms with Crippen LogP contribution in [-0.2, 0) is 4.79 Å². The Morgan fingerprint density at radius 1 is 1.09 bits per heavy atom. The second kappa shape index (κ2) is 7.93. The maximum absolute atomic E-state index is 12.0. The number of ketones is 1. The van der Waals surface area contributed by atoms with Gasteiger partial charge in [0.1, 0.15) is 0 Å². The smallest absolute Gasteiger partial charge is 0.224 e. The van der Waals surface area contributed by atoms with Crippen LogP contribution in [0.25, 0.3) is 0 Å². The quantitative estimate of drug-likeness (QED) is 0.795. The molecule has 1 aromatic heterocycles. The van der Waals surface area contributed by atoms with Crippen molar-refractivity contribution in [3.8, 4) is 11.5 Å². The maximum Gasteiger partial charge on any atom is 0.224 e. The van der Waals surface area contributed by atoms with Crippen molar-refractivity contribution in [3.63, 3.8) is 0 Å². The number of carbonyl (C=O) groups is 2. The molecule has 0 fully saturated rings. The molecule has 0 atom stereocenters. The van der Waals surface area contributed by atoms with E-state index in [1.165, 1.54) is 13.3 Å². The van der Waals surface area contributed by atoms with Gasteiger partial charge in [0.2, 0.25) is 5.91 Å². The lowest BCUT2D eigenvalue weighted by Crippen LogP contribution is -2.13. The molecule has 0 aliphatic rings. The Kier molecular flexibility index (Phi) is 5.68. The van der Waals surface area contributed by atoms with Crippen LogP contribution in [0.2, 0.25) is 0 Å². The summed E-state index contributed by atoms with van der Waals surface area (Å²) in [5.74, 6) is 0.754. The summed E-state index contributed by atoms with van der Waals surface area (Å²) in [6, 6.07) is 8.45. The van der Waals surface area contributed by atoms with Crippen LogP contribution in [0, 0.1) is 0 Å². The lowest BCUT2D eigenvalue weighted by molar-refractivity contribution is -0.116. The number of ether oxygens (including phenoxy) is 2. The highest BCUT2D eigenvalue weighted by Crippen LogP contribution is 2.29. The van der Waals surface area contributed by atoms with E-state index in [9.17, 15) is 9.59 Å². The number of aromatic nitrogens is 1. The van der Waals surface area contributed by atoms with Crippen LogP contribution in [0.4, 0.5) is 5.69 Å². The number of carbonyl (C=O) groups excluding carboxylic acids is 2. The van der Waals surface area contributed by atoms with Crippen molar-refractivity contribution in [2.75, 3.05) is 19.5 Å². The number of pyridine rings is 1. The fourth-order valence-electron chi connectivity index (χ4n) is 2.04. The molecule has 1 N–H and O–H groups in total. The highest BCUT2D eigenvalue weighted by molar-refractivity contribution is 5.99. The van der Waals surface area contributed by atoms with E-state index in [2.05, 4.69) is 10.3 Å². The molecule has 1 amide bonds. The molecular weight excluding hydrogens is 296 g/mol. The zero-order valence-corrected chi connectivity index (χ0v) is 13.0. The molecule has 0 aliphatic carbocycles. The monoisotopic (exact) mass is 314 g/mol. The van der Waals surface area contributed by atoms with E-state index >= 15 is 0 Å². The highest BCUT2D eigenvalue weighted by atomic mass is 16.5. The molecule has 6 nitrogen and oxygen atoms in total. The zero-order chi connectivity index (χ0) is 16.7. The molecule has 1 heterocycles. The van der Waals surface area contributed by atoms with Crippen molar-refractivity contribution in [1.29, 1.82) is 0 Å². The molecule has 0 bridgehead atoms. The fourth-order valence-corrected chi connectivity index (χ4v) is 2.04. The van der Waals surface area contributed by atoms with Crippen molar-refractivity contribution < 1.29 is 19.1 Å². The standard InChI is InChI=1S/C17H18N2O4/c1-22-15-7-5-13(10-16(15)23-2)19-17(21)8-6-14(20)12-4-3-9-18-11-12/h3-5,7,9-11H,6,8H2,1-2H3,(H,19,21). The van der Waals surface area contributed by atoms with E-state index in [1.807, 2.05) is 0 Å². The van der Waals surface area contributed by atoms with Gasteiger partial charge in [-0.1, -0.05) is 0 Å². The zero-order valence-electron chi connectivity index (χ0n) is 13.0. The van der Waals surface area contributed by atoms with E-state index in [0.717, 1.165) is 0 Å². The molecule has 6 heteroatoms. The third-order valence-electron chi connectivity index (χ3n) is 3.23. The Morgan fingerprint density at radius 2 is 1.87 bits per heavy atom. The number of methoxy groups -OCH3 is 2. The van der Waals surface area contributed by atoms with Gasteiger partial charge in [-0.05, 0) is 24.3 Å². The van der Waals surface area contributed by atoms with Gasteiger partial charge in [-0.2, -0.15) is 0 Å². The van der Waals surface area contributed by atoms with Gasteiger partial charge in [-0.3, -0.25) is 14.6 Å². The van der Waals surface area contributed by atoms with Crippen molar-refractivity contribution in [2.45, 2.75) is 12.8 Å². The van der Waals surface area contributed by atoms with Crippen LogP contribution < -0.4 is 14.8 Å². The number of benzene rings is 1. The van der Waals surface area contributed by atoms with E-state index in [0.29, 0.717) is 22.7 Å². The topological polar surface area (TPSA) is 77.5 Å². The first-order chi connectivity index (χ1) is 11.1. The number of amides is 1. The number of nitrogens with zero attached hydrogens (tertiary/aromatic N) is 1. The third-order valence-corrected chi connectivity index (χ3v) is 3.23. The first-order valence-electron chi connectivity index (χ1n) is 7.09. The van der Waals surface area contributed by atoms with E-state index in [4.69, 9.17) is 9.47 Å². The van der Waals surface area contributed by atoms with Crippen LogP contribution in [-0.4, -0.2) is 30.9 Å². The first kappa shape index (κ1) is 16.5. The van der Waals surface area contributed by atoms with Gasteiger partial charge >= 0.3 is 0 Å². The van der Waals surface area contributed by atoms with Crippen LogP contribution in [0.3, 0.4) is 0 Å². The van der Waals surface area contributed by atoms with E-state index < -0.39 is 0 Å². The minimum atomic E-state index is -0.241. The van der Waals surface area contributed by atoms with Crippen LogP contribution in [0.1, 0.15) is 23.2 Å². The molecule has 0 spiro atoms. The summed E-state index contributed by atoms with van der Waals surface area (Å²) in [6.07, 6.45) is 3.32. The summed E-state index contributed by atoms with van der Waals surface area (Å²) in [4.78, 5) is 27.8. The third kappa shape index (κ3) is 4.54. The predicted octanol–water partition coefficient (Wildman–Crippen LogP) is 2.70. The Balaban J connectivity index is 1.91. The number of anilines is 1. The summed E-state index contributed by atoms with van der Waals surface area (Å²) in [7, 11) is 3.07. The van der Waals surface area contributed by atoms with Crippen molar-refractivity contribution in [2.24, 2.45) is 0 Å². The van der Waals surface area contributed by atoms with E-state index in [-0.39, 0.29) is 24.5 Å². The molecule has 0 unspecified atom stereocenters. The van der Waals surface area contributed by atoms with Gasteiger partial charge in [0.05, 0.1) is 14.2 Å². The largest absolute Gasteiger partial charge is 0.493 e. The van der Waals surface area contributed by atoms with Gasteiger partial charge in [-0.25, -0.2) is 0 Å². The Morgan fingerprint density at radius 3 is 2.52 bits per heavy atom. The average Bonchev–Trinajstić information content (AvgIpc) is 2.60. The number of rotatable bonds is 7. The SMILES string of the molecule is COc1ccc(NC(=O)CCC(=O)c2cccnc2)cc1OC. The molecule has 23 heavy (non-hydrogen) atoms. The van der Waals surface area contributed by atoms with Crippen LogP contribution in [0.15, 0.2) is 42.7 Å². The highest BCUT2D eigenvalue weighted by Gasteiger charge is 2.11. The summed E-state index contributed by atoms with van der Waals surface area (Å²) >= 11 is 0. The van der Waals surface area contributed by atoms with Crippen molar-refractivity contribution in [1.82, 2.24) is 4.98 Å². The molecule has 2 rings (SSSR count). The molecule has 0 radical (unpaired) electrons. The minimum Gasteiger partial charge on any atom is -0.493 e. The Labute approximate surface area is 134 Å². The second-order valence-electron chi connectivity index (χ2n) is 4.78. The van der Waals surface area contributed by atoms with Gasteiger partial charge in [0, 0.05) is 42.6 Å². The molecule has 1 aromatic carbocycles. The Hall–Kier alpha value is -2.89. The number of Topliss-reactive ketones (excluding diaryl/α,β-unsaturated/α-hetero) is 1. The van der Waals surface area contributed by atoms with Crippen LogP contribution in [0.5, 0.6) is 11.5 Å². The maximum atomic E-state index is 12.0. The first-order valence-corrected chi connectivity index (χ1v) is 7.09. The van der Waals surface area contributed by atoms with Gasteiger partial charge in [0.25, 0.3) is 0 Å². The lowest BCUT2D eigenvalue weighted by Gasteiger charge is -2.10. The summed E-state index contributed by atoms with van der Waals surface area (Å²) in [6.45, 7) is 0. The van der Waals surface area contributed by atoms with Crippen molar-refractivity contribution in [3.05, 3.63) is 48.3 Å². The Bertz CT molecular complexity index is 686. The lowest BCUT2D eigenvalue weighted by atomic mass is 10.1. The van der Waals surface area contributed by atoms with Crippen molar-refractivity contribution >= 4 is 17.4 Å². The van der Waals surface area contributed by atoms with Gasteiger partial charge < -0.3 is 14.8 Å². The molecule has 0 aliphatic heterocycles. The predicted molar refractivity (Wildman–Crippen MR) is 86.0 cm³/mol. The fraction of sp³-hybridized carbons (Fsp3) is 0.235. The molecule has 2 aromatic rings. The molecule has 120 valence electrons. The second-order valence-corrected chi connectivity index (χ2v) is 4.78. The molecule has 0 saturated carbocycles.